The second-order valence-electron chi connectivity index (χ2n) is 7.55. The molecule has 192 valence electrons. The standard InChI is InChI=1S/C26H24BrFN4O5/c1-3-36-23-13-17(12-21(27)24(23)37-15-18-6-4-5-7-22(18)28)14-29-32-26(35)25(34)31-20-10-8-19(9-11-20)30-16(2)33/h4-14H,3,15H2,1-2H3,(H,30,33)(H,31,34)(H,32,35)/b29-14+. The van der Waals surface area contributed by atoms with Gasteiger partial charge in [0.15, 0.2) is 11.5 Å². The van der Waals surface area contributed by atoms with E-state index in [1.807, 2.05) is 6.92 Å². The molecule has 0 aliphatic carbocycles. The second kappa shape index (κ2) is 13.2. The van der Waals surface area contributed by atoms with E-state index in [-0.39, 0.29) is 18.3 Å². The quantitative estimate of drug-likeness (QED) is 0.197. The molecule has 9 nitrogen and oxygen atoms in total. The van der Waals surface area contributed by atoms with Crippen molar-refractivity contribution in [3.05, 3.63) is 82.1 Å². The van der Waals surface area contributed by atoms with Crippen LogP contribution in [-0.4, -0.2) is 30.5 Å². The van der Waals surface area contributed by atoms with Crippen LogP contribution in [0.15, 0.2) is 70.2 Å². The lowest BCUT2D eigenvalue weighted by molar-refractivity contribution is -0.136. The zero-order valence-corrected chi connectivity index (χ0v) is 21.6. The number of nitrogens with zero attached hydrogens (tertiary/aromatic N) is 1. The molecule has 3 aromatic rings. The monoisotopic (exact) mass is 570 g/mol. The van der Waals surface area contributed by atoms with Gasteiger partial charge >= 0.3 is 11.8 Å². The van der Waals surface area contributed by atoms with Crippen molar-refractivity contribution in [2.24, 2.45) is 5.10 Å². The lowest BCUT2D eigenvalue weighted by atomic mass is 10.2. The molecule has 0 bridgehead atoms. The number of hydrogen-bond acceptors (Lipinski definition) is 6. The van der Waals surface area contributed by atoms with Gasteiger partial charge in [0.2, 0.25) is 5.91 Å². The molecule has 0 heterocycles. The van der Waals surface area contributed by atoms with Crippen molar-refractivity contribution in [1.29, 1.82) is 0 Å². The minimum absolute atomic E-state index is 0.0000799. The molecular weight excluding hydrogens is 547 g/mol. The molecule has 3 rings (SSSR count). The maximum Gasteiger partial charge on any atom is 0.329 e. The van der Waals surface area contributed by atoms with Crippen LogP contribution in [0.2, 0.25) is 0 Å². The van der Waals surface area contributed by atoms with E-state index in [4.69, 9.17) is 9.47 Å². The average molecular weight is 571 g/mol. The molecule has 0 aromatic heterocycles. The van der Waals surface area contributed by atoms with Crippen LogP contribution in [0.4, 0.5) is 15.8 Å². The Balaban J connectivity index is 1.61. The number of ether oxygens (including phenoxy) is 2. The summed E-state index contributed by atoms with van der Waals surface area (Å²) in [6.07, 6.45) is 1.33. The number of amides is 3. The zero-order chi connectivity index (χ0) is 26.8. The first-order valence-electron chi connectivity index (χ1n) is 11.1. The zero-order valence-electron chi connectivity index (χ0n) is 20.0. The maximum atomic E-state index is 13.9. The van der Waals surface area contributed by atoms with Gasteiger partial charge in [-0.25, -0.2) is 9.82 Å². The molecular formula is C26H24BrFN4O5. The number of carbonyl (C=O) groups excluding carboxylic acids is 3. The fourth-order valence-electron chi connectivity index (χ4n) is 3.08. The lowest BCUT2D eigenvalue weighted by Gasteiger charge is -2.15. The normalized spacial score (nSPS) is 10.6. The van der Waals surface area contributed by atoms with Gasteiger partial charge in [0.25, 0.3) is 0 Å². The van der Waals surface area contributed by atoms with Crippen LogP contribution in [0.25, 0.3) is 0 Å². The van der Waals surface area contributed by atoms with Gasteiger partial charge in [-0.2, -0.15) is 5.10 Å². The van der Waals surface area contributed by atoms with E-state index in [2.05, 4.69) is 37.1 Å². The fraction of sp³-hybridized carbons (Fsp3) is 0.154. The Morgan fingerprint density at radius 3 is 2.30 bits per heavy atom. The number of carbonyl (C=O) groups is 3. The summed E-state index contributed by atoms with van der Waals surface area (Å²) in [6.45, 7) is 3.54. The van der Waals surface area contributed by atoms with Crippen molar-refractivity contribution >= 4 is 51.2 Å². The molecule has 0 saturated heterocycles. The first-order valence-corrected chi connectivity index (χ1v) is 11.9. The minimum Gasteiger partial charge on any atom is -0.490 e. The summed E-state index contributed by atoms with van der Waals surface area (Å²) in [7, 11) is 0. The third kappa shape index (κ3) is 8.14. The highest BCUT2D eigenvalue weighted by molar-refractivity contribution is 9.10. The van der Waals surface area contributed by atoms with Gasteiger partial charge in [-0.05, 0) is 70.9 Å². The van der Waals surface area contributed by atoms with Crippen LogP contribution in [0.5, 0.6) is 11.5 Å². The first kappa shape index (κ1) is 27.3. The molecule has 0 saturated carbocycles. The van der Waals surface area contributed by atoms with Crippen molar-refractivity contribution in [1.82, 2.24) is 5.43 Å². The molecule has 3 amide bonds. The van der Waals surface area contributed by atoms with Crippen molar-refractivity contribution in [2.45, 2.75) is 20.5 Å². The molecule has 0 spiro atoms. The van der Waals surface area contributed by atoms with E-state index in [0.29, 0.717) is 45.1 Å². The number of halogens is 2. The Morgan fingerprint density at radius 2 is 1.65 bits per heavy atom. The third-order valence-electron chi connectivity index (χ3n) is 4.71. The van der Waals surface area contributed by atoms with Gasteiger partial charge in [0, 0.05) is 23.9 Å². The fourth-order valence-corrected chi connectivity index (χ4v) is 3.65. The number of hydrogen-bond donors (Lipinski definition) is 3. The van der Waals surface area contributed by atoms with Gasteiger partial charge in [-0.15, -0.1) is 0 Å². The van der Waals surface area contributed by atoms with Crippen LogP contribution < -0.4 is 25.5 Å². The molecule has 0 radical (unpaired) electrons. The number of anilines is 2. The SMILES string of the molecule is CCOc1cc(/C=N/NC(=O)C(=O)Nc2ccc(NC(C)=O)cc2)cc(Br)c1OCc1ccccc1F. The highest BCUT2D eigenvalue weighted by Crippen LogP contribution is 2.37. The van der Waals surface area contributed by atoms with Gasteiger partial charge in [-0.3, -0.25) is 14.4 Å². The van der Waals surface area contributed by atoms with E-state index >= 15 is 0 Å². The predicted molar refractivity (Wildman–Crippen MR) is 141 cm³/mol. The smallest absolute Gasteiger partial charge is 0.329 e. The number of benzene rings is 3. The lowest BCUT2D eigenvalue weighted by Crippen LogP contribution is -2.32. The molecule has 0 unspecified atom stereocenters. The number of hydrazone groups is 1. The van der Waals surface area contributed by atoms with E-state index < -0.39 is 11.8 Å². The maximum absolute atomic E-state index is 13.9. The Morgan fingerprint density at radius 1 is 0.973 bits per heavy atom. The summed E-state index contributed by atoms with van der Waals surface area (Å²) >= 11 is 3.42. The second-order valence-corrected chi connectivity index (χ2v) is 8.41. The molecule has 11 heteroatoms. The van der Waals surface area contributed by atoms with Gasteiger partial charge in [0.05, 0.1) is 17.3 Å². The van der Waals surface area contributed by atoms with E-state index in [0.717, 1.165) is 0 Å². The molecule has 0 aliphatic rings. The number of rotatable bonds is 9. The van der Waals surface area contributed by atoms with Crippen molar-refractivity contribution in [3.63, 3.8) is 0 Å². The summed E-state index contributed by atoms with van der Waals surface area (Å²) in [6, 6.07) is 15.9. The number of nitrogens with one attached hydrogen (secondary N) is 3. The molecule has 3 aromatic carbocycles. The minimum atomic E-state index is -0.976. The molecule has 37 heavy (non-hydrogen) atoms. The summed E-state index contributed by atoms with van der Waals surface area (Å²) in [4.78, 5) is 35.3. The van der Waals surface area contributed by atoms with E-state index in [1.54, 1.807) is 54.6 Å². The Labute approximate surface area is 221 Å². The van der Waals surface area contributed by atoms with Crippen molar-refractivity contribution < 1.29 is 28.2 Å². The third-order valence-corrected chi connectivity index (χ3v) is 5.30. The highest BCUT2D eigenvalue weighted by Gasteiger charge is 2.15. The van der Waals surface area contributed by atoms with Gasteiger partial charge in [0.1, 0.15) is 12.4 Å². The van der Waals surface area contributed by atoms with E-state index in [9.17, 15) is 18.8 Å². The van der Waals surface area contributed by atoms with Gasteiger partial charge < -0.3 is 20.1 Å². The van der Waals surface area contributed by atoms with Gasteiger partial charge in [-0.1, -0.05) is 18.2 Å². The first-order chi connectivity index (χ1) is 17.8. The van der Waals surface area contributed by atoms with Crippen molar-refractivity contribution in [2.75, 3.05) is 17.2 Å². The largest absolute Gasteiger partial charge is 0.490 e. The molecule has 0 fully saturated rings. The molecule has 0 aliphatic heterocycles. The summed E-state index contributed by atoms with van der Waals surface area (Å²) in [5.41, 5.74) is 4.03. The molecule has 3 N–H and O–H groups in total. The van der Waals surface area contributed by atoms with Crippen LogP contribution in [-0.2, 0) is 21.0 Å². The van der Waals surface area contributed by atoms with Crippen LogP contribution in [0.3, 0.4) is 0 Å². The Bertz CT molecular complexity index is 1310. The summed E-state index contributed by atoms with van der Waals surface area (Å²) in [5.74, 6) is -1.72. The average Bonchev–Trinajstić information content (AvgIpc) is 2.85. The summed E-state index contributed by atoms with van der Waals surface area (Å²) in [5, 5.41) is 8.87. The highest BCUT2D eigenvalue weighted by atomic mass is 79.9. The van der Waals surface area contributed by atoms with Crippen LogP contribution in [0.1, 0.15) is 25.0 Å². The molecule has 0 atom stereocenters. The van der Waals surface area contributed by atoms with Crippen LogP contribution >= 0.6 is 15.9 Å². The Hall–Kier alpha value is -4.25. The summed E-state index contributed by atoms with van der Waals surface area (Å²) < 4.78 is 25.9. The Kier molecular flexibility index (Phi) is 9.73. The predicted octanol–water partition coefficient (Wildman–Crippen LogP) is 4.61. The van der Waals surface area contributed by atoms with Crippen molar-refractivity contribution in [3.8, 4) is 11.5 Å². The van der Waals surface area contributed by atoms with Crippen LogP contribution in [0, 0.1) is 5.82 Å². The van der Waals surface area contributed by atoms with E-state index in [1.165, 1.54) is 19.2 Å². The topological polar surface area (TPSA) is 118 Å².